The molecule has 1 atom stereocenters. The second-order valence-electron chi connectivity index (χ2n) is 4.77. The first-order chi connectivity index (χ1) is 8.74. The van der Waals surface area contributed by atoms with Gasteiger partial charge < -0.3 is 16.0 Å². The molecule has 18 heavy (non-hydrogen) atoms. The maximum absolute atomic E-state index is 10.7. The number of nitrogens with two attached hydrogens (primary N) is 1. The third-order valence-corrected chi connectivity index (χ3v) is 3.28. The average molecular weight is 248 g/mol. The molecular weight excluding hydrogens is 228 g/mol. The summed E-state index contributed by atoms with van der Waals surface area (Å²) in [6, 6.07) is 5.86. The Bertz CT molecular complexity index is 382. The van der Waals surface area contributed by atoms with Gasteiger partial charge in [-0.25, -0.2) is 4.98 Å². The highest BCUT2D eigenvalue weighted by molar-refractivity contribution is 5.73. The molecule has 5 nitrogen and oxygen atoms in total. The van der Waals surface area contributed by atoms with Crippen LogP contribution in [-0.4, -0.2) is 42.0 Å². The van der Waals surface area contributed by atoms with Crippen LogP contribution in [0, 0.1) is 5.92 Å². The molecule has 0 bridgehead atoms. The van der Waals surface area contributed by atoms with Crippen LogP contribution in [0.15, 0.2) is 24.4 Å². The summed E-state index contributed by atoms with van der Waals surface area (Å²) < 4.78 is 0. The number of likely N-dealkylation sites (tertiary alicyclic amines) is 1. The Morgan fingerprint density at radius 3 is 3.17 bits per heavy atom. The third kappa shape index (κ3) is 4.00. The van der Waals surface area contributed by atoms with Crippen molar-refractivity contribution in [1.82, 2.24) is 9.88 Å². The zero-order chi connectivity index (χ0) is 12.8. The molecule has 0 saturated carbocycles. The summed E-state index contributed by atoms with van der Waals surface area (Å²) in [5.41, 5.74) is 5.15. The van der Waals surface area contributed by atoms with Crippen molar-refractivity contribution >= 4 is 11.7 Å². The van der Waals surface area contributed by atoms with E-state index in [9.17, 15) is 4.79 Å². The van der Waals surface area contributed by atoms with Gasteiger partial charge in [-0.15, -0.1) is 0 Å². The summed E-state index contributed by atoms with van der Waals surface area (Å²) in [6.45, 7) is 3.81. The van der Waals surface area contributed by atoms with Crippen LogP contribution in [0.4, 0.5) is 5.82 Å². The van der Waals surface area contributed by atoms with E-state index >= 15 is 0 Å². The molecule has 1 aromatic heterocycles. The van der Waals surface area contributed by atoms with Crippen molar-refractivity contribution in [2.75, 3.05) is 31.5 Å². The standard InChI is InChI=1S/C13H20N4O/c14-12(18)5-8-17-7-4-11(10-17)9-16-13-3-1-2-6-15-13/h1-3,6,11H,4-5,7-10H2,(H2,14,18)(H,15,16). The summed E-state index contributed by atoms with van der Waals surface area (Å²) in [5, 5.41) is 3.34. The number of anilines is 1. The van der Waals surface area contributed by atoms with E-state index in [0.717, 1.165) is 32.0 Å². The molecule has 3 N–H and O–H groups in total. The van der Waals surface area contributed by atoms with E-state index < -0.39 is 0 Å². The van der Waals surface area contributed by atoms with Crippen LogP contribution in [0.2, 0.25) is 0 Å². The van der Waals surface area contributed by atoms with E-state index in [-0.39, 0.29) is 5.91 Å². The largest absolute Gasteiger partial charge is 0.370 e. The molecule has 0 radical (unpaired) electrons. The van der Waals surface area contributed by atoms with Crippen molar-refractivity contribution in [3.05, 3.63) is 24.4 Å². The van der Waals surface area contributed by atoms with Gasteiger partial charge in [-0.3, -0.25) is 4.79 Å². The highest BCUT2D eigenvalue weighted by atomic mass is 16.1. The molecule has 98 valence electrons. The van der Waals surface area contributed by atoms with Crippen LogP contribution in [-0.2, 0) is 4.79 Å². The molecule has 0 aliphatic carbocycles. The minimum absolute atomic E-state index is 0.218. The molecule has 1 saturated heterocycles. The van der Waals surface area contributed by atoms with Crippen molar-refractivity contribution in [1.29, 1.82) is 0 Å². The molecule has 2 rings (SSSR count). The predicted octanol–water partition coefficient (Wildman–Crippen LogP) is 0.691. The van der Waals surface area contributed by atoms with Gasteiger partial charge in [0.05, 0.1) is 0 Å². The van der Waals surface area contributed by atoms with Gasteiger partial charge in [0.2, 0.25) is 5.91 Å². The van der Waals surface area contributed by atoms with Gasteiger partial charge in [-0.2, -0.15) is 0 Å². The van der Waals surface area contributed by atoms with Crippen molar-refractivity contribution in [3.63, 3.8) is 0 Å². The number of aromatic nitrogens is 1. The fourth-order valence-electron chi connectivity index (χ4n) is 2.27. The number of amides is 1. The second-order valence-corrected chi connectivity index (χ2v) is 4.77. The Labute approximate surface area is 107 Å². The molecule has 1 amide bonds. The Morgan fingerprint density at radius 1 is 1.56 bits per heavy atom. The maximum atomic E-state index is 10.7. The number of primary amides is 1. The molecule has 1 aliphatic rings. The highest BCUT2D eigenvalue weighted by Crippen LogP contribution is 2.16. The Morgan fingerprint density at radius 2 is 2.44 bits per heavy atom. The van der Waals surface area contributed by atoms with E-state index in [1.165, 1.54) is 6.42 Å². The van der Waals surface area contributed by atoms with Gasteiger partial charge in [-0.05, 0) is 31.0 Å². The Balaban J connectivity index is 1.68. The van der Waals surface area contributed by atoms with E-state index in [1.54, 1.807) is 6.20 Å². The number of hydrogen-bond acceptors (Lipinski definition) is 4. The molecule has 0 spiro atoms. The monoisotopic (exact) mass is 248 g/mol. The van der Waals surface area contributed by atoms with Crippen LogP contribution in [0.5, 0.6) is 0 Å². The number of nitrogens with zero attached hydrogens (tertiary/aromatic N) is 2. The lowest BCUT2D eigenvalue weighted by molar-refractivity contribution is -0.118. The SMILES string of the molecule is NC(=O)CCN1CCC(CNc2ccccn2)C1. The normalized spacial score (nSPS) is 19.9. The third-order valence-electron chi connectivity index (χ3n) is 3.28. The Kier molecular flexibility index (Phi) is 4.52. The quantitative estimate of drug-likeness (QED) is 0.777. The van der Waals surface area contributed by atoms with Crippen molar-refractivity contribution in [3.8, 4) is 0 Å². The lowest BCUT2D eigenvalue weighted by atomic mass is 10.1. The number of hydrogen-bond donors (Lipinski definition) is 2. The number of carbonyl (C=O) groups excluding carboxylic acids is 1. The molecule has 1 aliphatic heterocycles. The lowest BCUT2D eigenvalue weighted by Crippen LogP contribution is -2.27. The fourth-order valence-corrected chi connectivity index (χ4v) is 2.27. The number of carbonyl (C=O) groups is 1. The smallest absolute Gasteiger partial charge is 0.218 e. The number of pyridine rings is 1. The van der Waals surface area contributed by atoms with E-state index in [1.807, 2.05) is 18.2 Å². The zero-order valence-corrected chi connectivity index (χ0v) is 10.5. The second kappa shape index (κ2) is 6.35. The van der Waals surface area contributed by atoms with Crippen molar-refractivity contribution in [2.24, 2.45) is 11.7 Å². The maximum Gasteiger partial charge on any atom is 0.218 e. The Hall–Kier alpha value is -1.62. The molecule has 1 unspecified atom stereocenters. The van der Waals surface area contributed by atoms with Crippen LogP contribution in [0.3, 0.4) is 0 Å². The minimum Gasteiger partial charge on any atom is -0.370 e. The first kappa shape index (κ1) is 12.8. The molecule has 5 heteroatoms. The number of rotatable bonds is 6. The van der Waals surface area contributed by atoms with Gasteiger partial charge in [0.25, 0.3) is 0 Å². The highest BCUT2D eigenvalue weighted by Gasteiger charge is 2.22. The van der Waals surface area contributed by atoms with Gasteiger partial charge >= 0.3 is 0 Å². The summed E-state index contributed by atoms with van der Waals surface area (Å²) in [6.07, 6.45) is 3.41. The first-order valence-corrected chi connectivity index (χ1v) is 6.39. The van der Waals surface area contributed by atoms with Crippen molar-refractivity contribution in [2.45, 2.75) is 12.8 Å². The molecule has 0 aromatic carbocycles. The van der Waals surface area contributed by atoms with Gasteiger partial charge in [0.15, 0.2) is 0 Å². The van der Waals surface area contributed by atoms with Gasteiger partial charge in [0.1, 0.15) is 5.82 Å². The number of nitrogens with one attached hydrogen (secondary N) is 1. The van der Waals surface area contributed by atoms with Gasteiger partial charge in [0, 0.05) is 32.3 Å². The predicted molar refractivity (Wildman–Crippen MR) is 71.1 cm³/mol. The van der Waals surface area contributed by atoms with E-state index in [4.69, 9.17) is 5.73 Å². The van der Waals surface area contributed by atoms with Crippen LogP contribution < -0.4 is 11.1 Å². The first-order valence-electron chi connectivity index (χ1n) is 6.39. The van der Waals surface area contributed by atoms with E-state index in [0.29, 0.717) is 12.3 Å². The van der Waals surface area contributed by atoms with Crippen molar-refractivity contribution < 1.29 is 4.79 Å². The summed E-state index contributed by atoms with van der Waals surface area (Å²) >= 11 is 0. The molecular formula is C13H20N4O. The van der Waals surface area contributed by atoms with Gasteiger partial charge in [-0.1, -0.05) is 6.07 Å². The summed E-state index contributed by atoms with van der Waals surface area (Å²) in [5.74, 6) is 1.33. The topological polar surface area (TPSA) is 71.2 Å². The average Bonchev–Trinajstić information content (AvgIpc) is 2.83. The summed E-state index contributed by atoms with van der Waals surface area (Å²) in [7, 11) is 0. The van der Waals surface area contributed by atoms with Crippen LogP contribution in [0.1, 0.15) is 12.8 Å². The molecule has 1 fully saturated rings. The summed E-state index contributed by atoms with van der Waals surface area (Å²) in [4.78, 5) is 17.3. The zero-order valence-electron chi connectivity index (χ0n) is 10.5. The van der Waals surface area contributed by atoms with E-state index in [2.05, 4.69) is 15.2 Å². The molecule has 1 aromatic rings. The molecule has 2 heterocycles. The van der Waals surface area contributed by atoms with Crippen LogP contribution >= 0.6 is 0 Å². The lowest BCUT2D eigenvalue weighted by Gasteiger charge is -2.15. The minimum atomic E-state index is -0.218. The fraction of sp³-hybridized carbons (Fsp3) is 0.538. The van der Waals surface area contributed by atoms with Crippen LogP contribution in [0.25, 0.3) is 0 Å².